The molecule has 2 heterocycles. The van der Waals surface area contributed by atoms with E-state index in [1.54, 1.807) is 0 Å². The zero-order chi connectivity index (χ0) is 15.9. The highest BCUT2D eigenvalue weighted by molar-refractivity contribution is 5.22. The summed E-state index contributed by atoms with van der Waals surface area (Å²) in [6.45, 7) is 9.97. The van der Waals surface area contributed by atoms with Crippen molar-refractivity contribution in [3.05, 3.63) is 35.4 Å². The molecule has 2 aliphatic rings. The van der Waals surface area contributed by atoms with E-state index in [9.17, 15) is 0 Å². The molecule has 0 unspecified atom stereocenters. The Morgan fingerprint density at radius 1 is 0.913 bits per heavy atom. The van der Waals surface area contributed by atoms with E-state index >= 15 is 0 Å². The Morgan fingerprint density at radius 3 is 2.35 bits per heavy atom. The van der Waals surface area contributed by atoms with Crippen molar-refractivity contribution >= 4 is 0 Å². The molecule has 0 bridgehead atoms. The van der Waals surface area contributed by atoms with E-state index in [-0.39, 0.29) is 0 Å². The molecule has 0 amide bonds. The predicted octanol–water partition coefficient (Wildman–Crippen LogP) is 4.47. The first-order chi connectivity index (χ1) is 11.3. The Hall–Kier alpha value is -0.860. The second kappa shape index (κ2) is 8.84. The van der Waals surface area contributed by atoms with Crippen LogP contribution in [0.1, 0.15) is 56.1 Å². The van der Waals surface area contributed by atoms with Gasteiger partial charge < -0.3 is 4.90 Å². The number of nitrogens with zero attached hydrogens (tertiary/aromatic N) is 2. The normalized spacial score (nSPS) is 22.1. The minimum Gasteiger partial charge on any atom is -0.303 e. The van der Waals surface area contributed by atoms with Gasteiger partial charge in [-0.1, -0.05) is 42.7 Å². The molecule has 0 N–H and O–H groups in total. The minimum absolute atomic E-state index is 0.965. The minimum atomic E-state index is 0.965. The van der Waals surface area contributed by atoms with Crippen LogP contribution in [-0.2, 0) is 6.54 Å². The van der Waals surface area contributed by atoms with Gasteiger partial charge in [-0.05, 0) is 83.2 Å². The predicted molar refractivity (Wildman–Crippen MR) is 98.7 cm³/mol. The van der Waals surface area contributed by atoms with Gasteiger partial charge in [0.2, 0.25) is 0 Å². The molecule has 0 spiro atoms. The van der Waals surface area contributed by atoms with Crippen LogP contribution in [0.5, 0.6) is 0 Å². The summed E-state index contributed by atoms with van der Waals surface area (Å²) in [7, 11) is 0. The van der Waals surface area contributed by atoms with Crippen molar-refractivity contribution in [3.63, 3.8) is 0 Å². The molecule has 2 saturated heterocycles. The van der Waals surface area contributed by atoms with E-state index in [0.717, 1.165) is 12.5 Å². The SMILES string of the molecule is Cc1cccc(CN2CCC(CCN3CCCCCC3)CC2)c1. The summed E-state index contributed by atoms with van der Waals surface area (Å²) in [5.41, 5.74) is 2.86. The highest BCUT2D eigenvalue weighted by Crippen LogP contribution is 2.23. The van der Waals surface area contributed by atoms with Crippen LogP contribution < -0.4 is 0 Å². The Bertz CT molecular complexity index is 455. The topological polar surface area (TPSA) is 6.48 Å². The van der Waals surface area contributed by atoms with E-state index in [2.05, 4.69) is 41.0 Å². The lowest BCUT2D eigenvalue weighted by Crippen LogP contribution is -2.35. The third kappa shape index (κ3) is 5.61. The molecular formula is C21H34N2. The van der Waals surface area contributed by atoms with Gasteiger partial charge in [0.15, 0.2) is 0 Å². The van der Waals surface area contributed by atoms with Gasteiger partial charge >= 0.3 is 0 Å². The van der Waals surface area contributed by atoms with Gasteiger partial charge in [0.1, 0.15) is 0 Å². The third-order valence-electron chi connectivity index (χ3n) is 5.75. The van der Waals surface area contributed by atoms with E-state index in [1.807, 2.05) is 0 Å². The van der Waals surface area contributed by atoms with Crippen LogP contribution in [0.15, 0.2) is 24.3 Å². The highest BCUT2D eigenvalue weighted by Gasteiger charge is 2.20. The van der Waals surface area contributed by atoms with Crippen molar-refractivity contribution in [2.45, 2.75) is 58.4 Å². The van der Waals surface area contributed by atoms with Crippen LogP contribution in [0, 0.1) is 12.8 Å². The van der Waals surface area contributed by atoms with Crippen LogP contribution >= 0.6 is 0 Å². The molecule has 128 valence electrons. The number of aryl methyl sites for hydroxylation is 1. The first-order valence-corrected chi connectivity index (χ1v) is 9.80. The molecule has 0 radical (unpaired) electrons. The Balaban J connectivity index is 1.36. The van der Waals surface area contributed by atoms with Gasteiger partial charge in [0.25, 0.3) is 0 Å². The van der Waals surface area contributed by atoms with Crippen molar-refractivity contribution in [2.75, 3.05) is 32.7 Å². The van der Waals surface area contributed by atoms with E-state index in [1.165, 1.54) is 88.8 Å². The lowest BCUT2D eigenvalue weighted by atomic mass is 9.93. The molecule has 0 aliphatic carbocycles. The number of likely N-dealkylation sites (tertiary alicyclic amines) is 2. The van der Waals surface area contributed by atoms with Gasteiger partial charge in [-0.3, -0.25) is 4.90 Å². The standard InChI is InChI=1S/C21H34N2/c1-19-7-6-8-21(17-19)18-23-15-10-20(11-16-23)9-14-22-12-4-2-3-5-13-22/h6-8,17,20H,2-5,9-16,18H2,1H3. The zero-order valence-corrected chi connectivity index (χ0v) is 15.0. The molecule has 0 aromatic heterocycles. The van der Waals surface area contributed by atoms with Crippen LogP contribution in [0.25, 0.3) is 0 Å². The van der Waals surface area contributed by atoms with Crippen LogP contribution in [0.4, 0.5) is 0 Å². The monoisotopic (exact) mass is 314 g/mol. The van der Waals surface area contributed by atoms with Gasteiger partial charge in [0.05, 0.1) is 0 Å². The maximum absolute atomic E-state index is 2.73. The first kappa shape index (κ1) is 17.0. The van der Waals surface area contributed by atoms with Crippen molar-refractivity contribution in [3.8, 4) is 0 Å². The molecular weight excluding hydrogens is 280 g/mol. The van der Waals surface area contributed by atoms with Gasteiger partial charge in [-0.15, -0.1) is 0 Å². The third-order valence-corrected chi connectivity index (χ3v) is 5.75. The zero-order valence-electron chi connectivity index (χ0n) is 15.0. The largest absolute Gasteiger partial charge is 0.303 e. The van der Waals surface area contributed by atoms with Crippen LogP contribution in [0.2, 0.25) is 0 Å². The summed E-state index contributed by atoms with van der Waals surface area (Å²) in [6, 6.07) is 9.00. The summed E-state index contributed by atoms with van der Waals surface area (Å²) in [6.07, 6.45) is 9.99. The summed E-state index contributed by atoms with van der Waals surface area (Å²) in [5, 5.41) is 0. The lowest BCUT2D eigenvalue weighted by molar-refractivity contribution is 0.159. The Kier molecular flexibility index (Phi) is 6.53. The quantitative estimate of drug-likeness (QED) is 0.791. The smallest absolute Gasteiger partial charge is 0.0233 e. The lowest BCUT2D eigenvalue weighted by Gasteiger charge is -2.33. The van der Waals surface area contributed by atoms with Crippen molar-refractivity contribution in [1.82, 2.24) is 9.80 Å². The van der Waals surface area contributed by atoms with Gasteiger partial charge in [-0.25, -0.2) is 0 Å². The molecule has 0 saturated carbocycles. The molecule has 2 fully saturated rings. The van der Waals surface area contributed by atoms with Gasteiger partial charge in [0, 0.05) is 6.54 Å². The molecule has 2 nitrogen and oxygen atoms in total. The Morgan fingerprint density at radius 2 is 1.65 bits per heavy atom. The van der Waals surface area contributed by atoms with Crippen molar-refractivity contribution < 1.29 is 0 Å². The highest BCUT2D eigenvalue weighted by atomic mass is 15.1. The molecule has 1 aromatic carbocycles. The average Bonchev–Trinajstić information content (AvgIpc) is 2.83. The molecule has 3 rings (SSSR count). The van der Waals surface area contributed by atoms with E-state index in [0.29, 0.717) is 0 Å². The van der Waals surface area contributed by atoms with Gasteiger partial charge in [-0.2, -0.15) is 0 Å². The molecule has 0 atom stereocenters. The van der Waals surface area contributed by atoms with Crippen LogP contribution in [0.3, 0.4) is 0 Å². The molecule has 2 aliphatic heterocycles. The summed E-state index contributed by atoms with van der Waals surface area (Å²) < 4.78 is 0. The number of hydrogen-bond acceptors (Lipinski definition) is 2. The molecule has 23 heavy (non-hydrogen) atoms. The average molecular weight is 315 g/mol. The van der Waals surface area contributed by atoms with Crippen molar-refractivity contribution in [2.24, 2.45) is 5.92 Å². The maximum atomic E-state index is 2.73. The number of benzene rings is 1. The van der Waals surface area contributed by atoms with Crippen molar-refractivity contribution in [1.29, 1.82) is 0 Å². The molecule has 1 aromatic rings. The fourth-order valence-corrected chi connectivity index (χ4v) is 4.23. The van der Waals surface area contributed by atoms with Crippen LogP contribution in [-0.4, -0.2) is 42.5 Å². The summed E-state index contributed by atoms with van der Waals surface area (Å²) >= 11 is 0. The number of piperidine rings is 1. The fraction of sp³-hybridized carbons (Fsp3) is 0.714. The second-order valence-corrected chi connectivity index (χ2v) is 7.75. The first-order valence-electron chi connectivity index (χ1n) is 9.80. The number of hydrogen-bond donors (Lipinski definition) is 0. The second-order valence-electron chi connectivity index (χ2n) is 7.75. The maximum Gasteiger partial charge on any atom is 0.0233 e. The molecule has 2 heteroatoms. The fourth-order valence-electron chi connectivity index (χ4n) is 4.23. The summed E-state index contributed by atoms with van der Waals surface area (Å²) in [5.74, 6) is 0.965. The van der Waals surface area contributed by atoms with E-state index in [4.69, 9.17) is 0 Å². The van der Waals surface area contributed by atoms with E-state index < -0.39 is 0 Å². The summed E-state index contributed by atoms with van der Waals surface area (Å²) in [4.78, 5) is 5.38. The Labute approximate surface area is 142 Å². The number of rotatable bonds is 5.